The standard InChI is InChI=1S/C19H13N5O2S/c25-24(26)15-11-20-18(21-12-15)27-19-22-16(13-7-3-1-4-8-13)17(23-19)14-9-5-2-6-10-14/h1-12H,(H,22,23). The molecule has 0 aliphatic carbocycles. The molecule has 7 nitrogen and oxygen atoms in total. The van der Waals surface area contributed by atoms with Crippen LogP contribution in [0.3, 0.4) is 0 Å². The normalized spacial score (nSPS) is 10.7. The zero-order chi connectivity index (χ0) is 18.6. The van der Waals surface area contributed by atoms with Gasteiger partial charge in [0.25, 0.3) is 0 Å². The molecule has 0 amide bonds. The summed E-state index contributed by atoms with van der Waals surface area (Å²) in [5.74, 6) is 0. The van der Waals surface area contributed by atoms with E-state index in [9.17, 15) is 10.1 Å². The van der Waals surface area contributed by atoms with Gasteiger partial charge in [-0.3, -0.25) is 10.1 Å². The lowest BCUT2D eigenvalue weighted by atomic mass is 10.1. The molecule has 0 saturated carbocycles. The summed E-state index contributed by atoms with van der Waals surface area (Å²) >= 11 is 1.22. The van der Waals surface area contributed by atoms with Crippen LogP contribution in [0.15, 0.2) is 83.4 Å². The molecule has 2 aromatic heterocycles. The number of hydrogen-bond donors (Lipinski definition) is 1. The minimum absolute atomic E-state index is 0.145. The van der Waals surface area contributed by atoms with E-state index >= 15 is 0 Å². The molecule has 0 spiro atoms. The molecule has 0 bridgehead atoms. The Morgan fingerprint density at radius 2 is 1.48 bits per heavy atom. The second-order valence-corrected chi connectivity index (χ2v) is 6.54. The van der Waals surface area contributed by atoms with E-state index in [0.29, 0.717) is 10.3 Å². The van der Waals surface area contributed by atoms with Crippen LogP contribution in [0.25, 0.3) is 22.5 Å². The molecule has 4 aromatic rings. The summed E-state index contributed by atoms with van der Waals surface area (Å²) in [5.41, 5.74) is 3.58. The van der Waals surface area contributed by atoms with Gasteiger partial charge in [-0.1, -0.05) is 60.7 Å². The Morgan fingerprint density at radius 1 is 0.889 bits per heavy atom. The number of nitro groups is 1. The van der Waals surface area contributed by atoms with Crippen LogP contribution in [0, 0.1) is 10.1 Å². The molecular weight excluding hydrogens is 362 g/mol. The highest BCUT2D eigenvalue weighted by atomic mass is 32.2. The fourth-order valence-electron chi connectivity index (χ4n) is 2.56. The summed E-state index contributed by atoms with van der Waals surface area (Å²) in [6.07, 6.45) is 2.38. The predicted molar refractivity (Wildman–Crippen MR) is 102 cm³/mol. The Kier molecular flexibility index (Phi) is 4.63. The van der Waals surface area contributed by atoms with Crippen molar-refractivity contribution in [2.75, 3.05) is 0 Å². The van der Waals surface area contributed by atoms with E-state index in [1.165, 1.54) is 24.2 Å². The molecule has 0 atom stereocenters. The van der Waals surface area contributed by atoms with E-state index in [0.717, 1.165) is 22.5 Å². The third-order valence-electron chi connectivity index (χ3n) is 3.81. The van der Waals surface area contributed by atoms with Gasteiger partial charge in [0.2, 0.25) is 0 Å². The number of H-pyrrole nitrogens is 1. The Bertz CT molecular complexity index is 1010. The first-order chi connectivity index (χ1) is 13.2. The molecule has 2 aromatic carbocycles. The van der Waals surface area contributed by atoms with Crippen molar-refractivity contribution in [2.24, 2.45) is 0 Å². The smallest absolute Gasteiger partial charge is 0.305 e. The van der Waals surface area contributed by atoms with E-state index in [1.807, 2.05) is 60.7 Å². The summed E-state index contributed by atoms with van der Waals surface area (Å²) < 4.78 is 0. The van der Waals surface area contributed by atoms with Crippen molar-refractivity contribution in [1.29, 1.82) is 0 Å². The molecule has 27 heavy (non-hydrogen) atoms. The lowest BCUT2D eigenvalue weighted by Crippen LogP contribution is -1.92. The molecule has 0 radical (unpaired) electrons. The summed E-state index contributed by atoms with van der Waals surface area (Å²) in [6, 6.07) is 19.8. The number of aromatic amines is 1. The SMILES string of the molecule is O=[N+]([O-])c1cnc(Sc2nc(-c3ccccc3)c(-c3ccccc3)[nH]2)nc1. The Balaban J connectivity index is 1.72. The topological polar surface area (TPSA) is 97.6 Å². The number of nitrogens with zero attached hydrogens (tertiary/aromatic N) is 4. The first-order valence-electron chi connectivity index (χ1n) is 8.06. The third kappa shape index (κ3) is 3.70. The van der Waals surface area contributed by atoms with Crippen LogP contribution in [0.1, 0.15) is 0 Å². The third-order valence-corrected chi connectivity index (χ3v) is 4.59. The maximum absolute atomic E-state index is 10.7. The number of imidazole rings is 1. The monoisotopic (exact) mass is 375 g/mol. The summed E-state index contributed by atoms with van der Waals surface area (Å²) in [5, 5.41) is 11.7. The lowest BCUT2D eigenvalue weighted by molar-refractivity contribution is -0.385. The van der Waals surface area contributed by atoms with Gasteiger partial charge >= 0.3 is 5.69 Å². The second-order valence-electron chi connectivity index (χ2n) is 5.58. The molecule has 1 N–H and O–H groups in total. The van der Waals surface area contributed by atoms with Crippen molar-refractivity contribution in [3.63, 3.8) is 0 Å². The molecule has 0 aliphatic rings. The van der Waals surface area contributed by atoms with Crippen molar-refractivity contribution in [3.05, 3.63) is 83.2 Å². The molecule has 0 saturated heterocycles. The molecule has 132 valence electrons. The van der Waals surface area contributed by atoms with E-state index < -0.39 is 4.92 Å². The Morgan fingerprint density at radius 3 is 2.07 bits per heavy atom. The Hall–Kier alpha value is -3.52. The van der Waals surface area contributed by atoms with Crippen LogP contribution < -0.4 is 0 Å². The van der Waals surface area contributed by atoms with Crippen LogP contribution >= 0.6 is 11.8 Å². The minimum atomic E-state index is -0.525. The van der Waals surface area contributed by atoms with Gasteiger partial charge in [-0.2, -0.15) is 0 Å². The quantitative estimate of drug-likeness (QED) is 0.311. The van der Waals surface area contributed by atoms with Crippen molar-refractivity contribution in [1.82, 2.24) is 19.9 Å². The fourth-order valence-corrected chi connectivity index (χ4v) is 3.24. The number of rotatable bonds is 5. The molecule has 4 rings (SSSR count). The van der Waals surface area contributed by atoms with Gasteiger partial charge in [0.15, 0.2) is 10.3 Å². The van der Waals surface area contributed by atoms with Gasteiger partial charge in [-0.15, -0.1) is 0 Å². The number of aromatic nitrogens is 4. The van der Waals surface area contributed by atoms with Crippen molar-refractivity contribution in [3.8, 4) is 22.5 Å². The van der Waals surface area contributed by atoms with Gasteiger partial charge in [-0.05, 0) is 11.8 Å². The van der Waals surface area contributed by atoms with E-state index in [1.54, 1.807) is 0 Å². The Labute approximate surface area is 158 Å². The second kappa shape index (κ2) is 7.38. The average Bonchev–Trinajstić information content (AvgIpc) is 3.13. The average molecular weight is 375 g/mol. The molecule has 0 aliphatic heterocycles. The zero-order valence-electron chi connectivity index (χ0n) is 13.9. The van der Waals surface area contributed by atoms with Crippen LogP contribution in [0.5, 0.6) is 0 Å². The highest BCUT2D eigenvalue weighted by molar-refractivity contribution is 7.99. The van der Waals surface area contributed by atoms with Crippen molar-refractivity contribution < 1.29 is 4.92 Å². The summed E-state index contributed by atoms with van der Waals surface area (Å²) in [6.45, 7) is 0. The maximum Gasteiger partial charge on any atom is 0.305 e. The van der Waals surface area contributed by atoms with Crippen LogP contribution in [0.4, 0.5) is 5.69 Å². The highest BCUT2D eigenvalue weighted by Crippen LogP contribution is 2.34. The van der Waals surface area contributed by atoms with E-state index in [-0.39, 0.29) is 5.69 Å². The van der Waals surface area contributed by atoms with E-state index in [2.05, 4.69) is 15.0 Å². The number of nitrogens with one attached hydrogen (secondary N) is 1. The largest absolute Gasteiger partial charge is 0.332 e. The van der Waals surface area contributed by atoms with Gasteiger partial charge in [-0.25, -0.2) is 15.0 Å². The molecule has 2 heterocycles. The van der Waals surface area contributed by atoms with Gasteiger partial charge in [0.05, 0.1) is 16.3 Å². The van der Waals surface area contributed by atoms with Crippen molar-refractivity contribution in [2.45, 2.75) is 10.3 Å². The molecule has 0 fully saturated rings. The van der Waals surface area contributed by atoms with Crippen LogP contribution in [-0.2, 0) is 0 Å². The van der Waals surface area contributed by atoms with Gasteiger partial charge < -0.3 is 4.98 Å². The maximum atomic E-state index is 10.7. The first-order valence-corrected chi connectivity index (χ1v) is 8.87. The van der Waals surface area contributed by atoms with Gasteiger partial charge in [0, 0.05) is 11.1 Å². The predicted octanol–water partition coefficient (Wildman–Crippen LogP) is 4.59. The van der Waals surface area contributed by atoms with Crippen molar-refractivity contribution >= 4 is 17.4 Å². The zero-order valence-corrected chi connectivity index (χ0v) is 14.8. The minimum Gasteiger partial charge on any atom is -0.332 e. The number of benzene rings is 2. The molecular formula is C19H13N5O2S. The molecule has 8 heteroatoms. The van der Waals surface area contributed by atoms with Crippen LogP contribution in [0.2, 0.25) is 0 Å². The van der Waals surface area contributed by atoms with Gasteiger partial charge in [0.1, 0.15) is 12.4 Å². The number of hydrogen-bond acceptors (Lipinski definition) is 6. The van der Waals surface area contributed by atoms with E-state index in [4.69, 9.17) is 4.98 Å². The molecule has 0 unspecified atom stereocenters. The lowest BCUT2D eigenvalue weighted by Gasteiger charge is -2.02. The summed E-state index contributed by atoms with van der Waals surface area (Å²) in [7, 11) is 0. The highest BCUT2D eigenvalue weighted by Gasteiger charge is 2.16. The fraction of sp³-hybridized carbons (Fsp3) is 0. The first kappa shape index (κ1) is 16.9. The summed E-state index contributed by atoms with van der Waals surface area (Å²) in [4.78, 5) is 26.3. The van der Waals surface area contributed by atoms with Crippen LogP contribution in [-0.4, -0.2) is 24.9 Å².